The highest BCUT2D eigenvalue weighted by molar-refractivity contribution is 6.60. The third-order valence-corrected chi connectivity index (χ3v) is 7.76. The molecule has 0 saturated carbocycles. The maximum absolute atomic E-state index is 6.39. The second kappa shape index (κ2) is 19.7. The Balaban J connectivity index is 5.07. The summed E-state index contributed by atoms with van der Waals surface area (Å²) in [6, 6.07) is 0.844. The van der Waals surface area contributed by atoms with Crippen LogP contribution in [0.25, 0.3) is 0 Å². The lowest BCUT2D eigenvalue weighted by atomic mass is 10.1. The van der Waals surface area contributed by atoms with Gasteiger partial charge in [0.25, 0.3) is 0 Å². The van der Waals surface area contributed by atoms with Crippen molar-refractivity contribution in [2.45, 2.75) is 117 Å². The molecule has 0 amide bonds. The van der Waals surface area contributed by atoms with Crippen molar-refractivity contribution in [3.63, 3.8) is 0 Å². The van der Waals surface area contributed by atoms with E-state index in [1.54, 1.807) is 0 Å². The fourth-order valence-electron chi connectivity index (χ4n) is 2.99. The molecule has 0 aliphatic carbocycles. The van der Waals surface area contributed by atoms with Crippen molar-refractivity contribution in [3.8, 4) is 0 Å². The van der Waals surface area contributed by atoms with E-state index in [0.29, 0.717) is 6.61 Å². The highest BCUT2D eigenvalue weighted by Gasteiger charge is 2.41. The van der Waals surface area contributed by atoms with Crippen molar-refractivity contribution in [1.29, 1.82) is 0 Å². The summed E-state index contributed by atoms with van der Waals surface area (Å²) in [5.74, 6) is 0. The quantitative estimate of drug-likeness (QED) is 0.102. The molecule has 0 radical (unpaired) electrons. The predicted octanol–water partition coefficient (Wildman–Crippen LogP) is 7.31. The smallest absolute Gasteiger partial charge is 0.374 e. The lowest BCUT2D eigenvalue weighted by Gasteiger charge is -2.31. The molecule has 0 saturated heterocycles. The predicted molar refractivity (Wildman–Crippen MR) is 126 cm³/mol. The van der Waals surface area contributed by atoms with E-state index in [9.17, 15) is 0 Å². The fraction of sp³-hybridized carbons (Fsp3) is 0.917. The van der Waals surface area contributed by atoms with Crippen LogP contribution in [0.2, 0.25) is 6.04 Å². The second-order valence-electron chi connectivity index (χ2n) is 8.21. The summed E-state index contributed by atoms with van der Waals surface area (Å²) >= 11 is 0. The number of rotatable bonds is 22. The van der Waals surface area contributed by atoms with E-state index in [-0.39, 0.29) is 6.10 Å². The molecule has 0 aromatic heterocycles. The van der Waals surface area contributed by atoms with Gasteiger partial charge in [0.1, 0.15) is 0 Å². The van der Waals surface area contributed by atoms with Crippen molar-refractivity contribution < 1.29 is 18.0 Å². The molecule has 29 heavy (non-hydrogen) atoms. The van der Waals surface area contributed by atoms with Gasteiger partial charge in [-0.1, -0.05) is 78.4 Å². The minimum Gasteiger partial charge on any atom is -0.374 e. The molecule has 0 aliphatic rings. The molecular formula is C24H50O4Si. The van der Waals surface area contributed by atoms with Crippen LogP contribution >= 0.6 is 0 Å². The molecular weight excluding hydrogens is 380 g/mol. The van der Waals surface area contributed by atoms with Crippen LogP contribution in [0.4, 0.5) is 0 Å². The standard InChI is InChI=1S/C24H50O4Si/c1-7-11-15-16-24(25-22-23(5)6)17-21-29(26-18-12-8-2,27-19-13-9-3)28-20-14-10-4/h24H,5,7-22H2,1-4,6H3. The highest BCUT2D eigenvalue weighted by Crippen LogP contribution is 2.24. The van der Waals surface area contributed by atoms with Gasteiger partial charge >= 0.3 is 8.80 Å². The van der Waals surface area contributed by atoms with Gasteiger partial charge in [-0.05, 0) is 39.0 Å². The minimum absolute atomic E-state index is 0.226. The van der Waals surface area contributed by atoms with E-state index in [4.69, 9.17) is 18.0 Å². The topological polar surface area (TPSA) is 36.9 Å². The van der Waals surface area contributed by atoms with Crippen LogP contribution in [0.1, 0.15) is 105 Å². The van der Waals surface area contributed by atoms with Crippen LogP contribution in [-0.4, -0.2) is 41.3 Å². The summed E-state index contributed by atoms with van der Waals surface area (Å²) < 4.78 is 25.3. The highest BCUT2D eigenvalue weighted by atomic mass is 28.4. The summed E-state index contributed by atoms with van der Waals surface area (Å²) in [6.45, 7) is 17.7. The molecule has 0 aliphatic heterocycles. The van der Waals surface area contributed by atoms with Crippen molar-refractivity contribution in [2.75, 3.05) is 26.4 Å². The molecule has 0 fully saturated rings. The molecule has 1 unspecified atom stereocenters. The van der Waals surface area contributed by atoms with E-state index >= 15 is 0 Å². The molecule has 0 heterocycles. The van der Waals surface area contributed by atoms with Gasteiger partial charge in [0.05, 0.1) is 12.7 Å². The Labute approximate surface area is 183 Å². The maximum atomic E-state index is 6.39. The zero-order valence-electron chi connectivity index (χ0n) is 20.2. The normalized spacial score (nSPS) is 13.0. The van der Waals surface area contributed by atoms with Crippen LogP contribution < -0.4 is 0 Å². The van der Waals surface area contributed by atoms with Gasteiger partial charge in [-0.3, -0.25) is 0 Å². The number of unbranched alkanes of at least 4 members (excludes halogenated alkanes) is 5. The third-order valence-electron chi connectivity index (χ3n) is 4.93. The minimum atomic E-state index is -2.68. The molecule has 174 valence electrons. The first-order valence-electron chi connectivity index (χ1n) is 12.2. The number of hydrogen-bond acceptors (Lipinski definition) is 4. The van der Waals surface area contributed by atoms with E-state index in [1.807, 2.05) is 6.92 Å². The molecule has 4 nitrogen and oxygen atoms in total. The molecule has 0 aromatic carbocycles. The second-order valence-corrected chi connectivity index (χ2v) is 10.9. The van der Waals surface area contributed by atoms with Crippen molar-refractivity contribution >= 4 is 8.80 Å². The Bertz CT molecular complexity index is 349. The van der Waals surface area contributed by atoms with E-state index in [2.05, 4.69) is 34.3 Å². The Morgan fingerprint density at radius 3 is 1.62 bits per heavy atom. The zero-order chi connectivity index (χ0) is 21.8. The van der Waals surface area contributed by atoms with Gasteiger partial charge in [-0.15, -0.1) is 0 Å². The van der Waals surface area contributed by atoms with E-state index in [0.717, 1.165) is 82.8 Å². The van der Waals surface area contributed by atoms with Crippen LogP contribution in [0.5, 0.6) is 0 Å². The Hall–Kier alpha value is -0.203. The monoisotopic (exact) mass is 430 g/mol. The third kappa shape index (κ3) is 16.2. The first-order chi connectivity index (χ1) is 14.0. The molecule has 0 rings (SSSR count). The van der Waals surface area contributed by atoms with Gasteiger partial charge < -0.3 is 18.0 Å². The van der Waals surface area contributed by atoms with Gasteiger partial charge in [0, 0.05) is 25.9 Å². The Morgan fingerprint density at radius 2 is 1.21 bits per heavy atom. The van der Waals surface area contributed by atoms with Crippen LogP contribution in [0.3, 0.4) is 0 Å². The first kappa shape index (κ1) is 28.8. The summed E-state index contributed by atoms with van der Waals surface area (Å²) in [4.78, 5) is 0. The largest absolute Gasteiger partial charge is 0.501 e. The number of hydrogen-bond donors (Lipinski definition) is 0. The van der Waals surface area contributed by atoms with Crippen LogP contribution in [-0.2, 0) is 18.0 Å². The van der Waals surface area contributed by atoms with Crippen LogP contribution in [0.15, 0.2) is 12.2 Å². The number of ether oxygens (including phenoxy) is 1. The lowest BCUT2D eigenvalue weighted by molar-refractivity contribution is 0.0354. The average Bonchev–Trinajstić information content (AvgIpc) is 2.70. The average molecular weight is 431 g/mol. The molecule has 0 aromatic rings. The molecule has 0 bridgehead atoms. The van der Waals surface area contributed by atoms with Gasteiger partial charge in [0.2, 0.25) is 0 Å². The van der Waals surface area contributed by atoms with Crippen molar-refractivity contribution in [3.05, 3.63) is 12.2 Å². The molecule has 1 atom stereocenters. The molecule has 0 spiro atoms. The lowest BCUT2D eigenvalue weighted by Crippen LogP contribution is -2.47. The first-order valence-corrected chi connectivity index (χ1v) is 14.1. The summed E-state index contributed by atoms with van der Waals surface area (Å²) in [7, 11) is -2.68. The summed E-state index contributed by atoms with van der Waals surface area (Å²) in [6.07, 6.45) is 12.5. The van der Waals surface area contributed by atoms with Gasteiger partial charge in [0.15, 0.2) is 0 Å². The van der Waals surface area contributed by atoms with E-state index < -0.39 is 8.80 Å². The summed E-state index contributed by atoms with van der Waals surface area (Å²) in [5.41, 5.74) is 1.08. The van der Waals surface area contributed by atoms with Crippen molar-refractivity contribution in [2.24, 2.45) is 0 Å². The molecule has 5 heteroatoms. The molecule has 0 N–H and O–H groups in total. The summed E-state index contributed by atoms with van der Waals surface area (Å²) in [5, 5.41) is 0. The van der Waals surface area contributed by atoms with Crippen molar-refractivity contribution in [1.82, 2.24) is 0 Å². The Morgan fingerprint density at radius 1 is 0.724 bits per heavy atom. The SMILES string of the molecule is C=C(C)COC(CCCCC)CC[Si](OCCCC)(OCCCC)OCCCC. The van der Waals surface area contributed by atoms with E-state index in [1.165, 1.54) is 19.3 Å². The van der Waals surface area contributed by atoms with Gasteiger partial charge in [-0.25, -0.2) is 0 Å². The Kier molecular flexibility index (Phi) is 19.6. The maximum Gasteiger partial charge on any atom is 0.501 e. The zero-order valence-corrected chi connectivity index (χ0v) is 21.2. The van der Waals surface area contributed by atoms with Gasteiger partial charge in [-0.2, -0.15) is 0 Å². The van der Waals surface area contributed by atoms with Crippen LogP contribution in [0, 0.1) is 0 Å². The fourth-order valence-corrected chi connectivity index (χ4v) is 5.71.